The van der Waals surface area contributed by atoms with E-state index in [-0.39, 0.29) is 108 Å². The van der Waals surface area contributed by atoms with E-state index in [0.29, 0.717) is 63.0 Å². The molecule has 8 N–H and O–H groups in total. The van der Waals surface area contributed by atoms with Crippen molar-refractivity contribution in [2.75, 3.05) is 34.5 Å². The number of carbonyl (C=O) groups excluding carboxylic acids is 6. The standard InChI is InChI=1S/2C17H16N6O6S4.2Na/c2*18-16-19-7(5-31-16)1-8(24)20-11-13(27)23-12(15(28)29)6(3-30-14(11)23)4-32-17-22-21-9(33-17)2-10(25)26;;/h2*5,11,14H,1-4H2,(H2,18,19)(H,20,24)(H,25,26)(H,28,29);;/q;;2*+1/p-2/t2*11?,14-;;/m11../s1. The molecule has 4 aliphatic rings. The third kappa shape index (κ3) is 13.5. The minimum absolute atomic E-state index is 0. The molecule has 4 aromatic rings. The number of aliphatic carboxylic acids is 4. The summed E-state index contributed by atoms with van der Waals surface area (Å²) in [6.07, 6.45) is -0.556. The predicted molar refractivity (Wildman–Crippen MR) is 239 cm³/mol. The van der Waals surface area contributed by atoms with Gasteiger partial charge in [0.05, 0.1) is 60.4 Å². The molecule has 4 atom stereocenters. The molecule has 68 heavy (non-hydrogen) atoms. The van der Waals surface area contributed by atoms with Crippen LogP contribution in [0.25, 0.3) is 0 Å². The summed E-state index contributed by atoms with van der Waals surface area (Å²) < 4.78 is 0.984. The number of carboxylic acids is 4. The van der Waals surface area contributed by atoms with E-state index in [1.165, 1.54) is 69.7 Å². The first kappa shape index (κ1) is 55.5. The number of hydrogen-bond acceptors (Lipinski definition) is 26. The molecule has 4 aromatic heterocycles. The second-order valence-electron chi connectivity index (χ2n) is 13.7. The minimum atomic E-state index is -1.48. The van der Waals surface area contributed by atoms with Gasteiger partial charge in [0.2, 0.25) is 11.8 Å². The number of thioether (sulfide) groups is 4. The van der Waals surface area contributed by atoms with Crippen LogP contribution in [0.3, 0.4) is 0 Å². The van der Waals surface area contributed by atoms with Gasteiger partial charge in [-0.25, -0.2) is 9.97 Å². The Kier molecular flexibility index (Phi) is 20.1. The smallest absolute Gasteiger partial charge is 0.543 e. The number of nitrogens with two attached hydrogens (primary N) is 2. The molecule has 34 heteroatoms. The van der Waals surface area contributed by atoms with Crippen LogP contribution in [-0.2, 0) is 64.0 Å². The van der Waals surface area contributed by atoms with Gasteiger partial charge >= 0.3 is 71.1 Å². The van der Waals surface area contributed by atoms with Gasteiger partial charge < -0.3 is 52.1 Å². The van der Waals surface area contributed by atoms with Gasteiger partial charge in [-0.2, -0.15) is 0 Å². The quantitative estimate of drug-likeness (QED) is 0.0306. The van der Waals surface area contributed by atoms with E-state index in [0.717, 1.165) is 32.5 Å². The Morgan fingerprint density at radius 3 is 1.37 bits per heavy atom. The molecule has 0 spiro atoms. The largest absolute Gasteiger partial charge is 1.00 e. The third-order valence-corrected chi connectivity index (χ3v) is 17.6. The second-order valence-corrected chi connectivity index (χ2v) is 22.3. The first-order valence-electron chi connectivity index (χ1n) is 18.5. The van der Waals surface area contributed by atoms with E-state index in [1.54, 1.807) is 10.8 Å². The number of nitrogens with one attached hydrogen (secondary N) is 2. The summed E-state index contributed by atoms with van der Waals surface area (Å²) in [6.45, 7) is 0. The monoisotopic (exact) mass is 1100 g/mol. The number of aromatic nitrogens is 6. The van der Waals surface area contributed by atoms with Gasteiger partial charge in [0.25, 0.3) is 11.8 Å². The summed E-state index contributed by atoms with van der Waals surface area (Å²) in [6, 6.07) is -1.69. The number of thiazole rings is 2. The molecule has 4 aliphatic heterocycles. The predicted octanol–water partition coefficient (Wildman–Crippen LogP) is -8.11. The van der Waals surface area contributed by atoms with Crippen LogP contribution in [-0.4, -0.2) is 144 Å². The number of carboxylic acid groups (broad SMARTS) is 4. The number of fused-ring (bicyclic) bond motifs is 2. The molecule has 348 valence electrons. The van der Waals surface area contributed by atoms with Gasteiger partial charge in [0, 0.05) is 33.8 Å². The van der Waals surface area contributed by atoms with Crippen LogP contribution < -0.4 is 91.4 Å². The Morgan fingerprint density at radius 1 is 0.662 bits per heavy atom. The van der Waals surface area contributed by atoms with E-state index >= 15 is 0 Å². The normalized spacial score (nSPS) is 19.2. The molecule has 2 unspecified atom stereocenters. The molecular weight excluding hydrogens is 1070 g/mol. The molecule has 0 aromatic carbocycles. The van der Waals surface area contributed by atoms with Gasteiger partial charge in [-0.1, -0.05) is 46.2 Å². The van der Waals surface area contributed by atoms with Crippen LogP contribution in [0.2, 0.25) is 0 Å². The van der Waals surface area contributed by atoms with Crippen LogP contribution in [0, 0.1) is 0 Å². The fourth-order valence-electron chi connectivity index (χ4n) is 6.44. The molecule has 0 aliphatic carbocycles. The Labute approximate surface area is 460 Å². The first-order valence-corrected chi connectivity index (χ1v) is 26.0. The van der Waals surface area contributed by atoms with Crippen LogP contribution in [0.15, 0.2) is 42.0 Å². The van der Waals surface area contributed by atoms with Crippen molar-refractivity contribution >= 4 is 150 Å². The number of rotatable bonds is 18. The summed E-state index contributed by atoms with van der Waals surface area (Å²) in [7, 11) is 0. The molecule has 24 nitrogen and oxygen atoms in total. The maximum Gasteiger partial charge on any atom is 1.00 e. The van der Waals surface area contributed by atoms with Crippen molar-refractivity contribution in [1.29, 1.82) is 0 Å². The number of nitrogens with zero attached hydrogens (tertiary/aromatic N) is 8. The van der Waals surface area contributed by atoms with Crippen molar-refractivity contribution < 1.29 is 118 Å². The molecule has 8 rings (SSSR count). The minimum Gasteiger partial charge on any atom is -0.543 e. The van der Waals surface area contributed by atoms with Crippen molar-refractivity contribution in [3.8, 4) is 0 Å². The van der Waals surface area contributed by atoms with Crippen LogP contribution in [0.1, 0.15) is 21.4 Å². The second kappa shape index (κ2) is 24.6. The summed E-state index contributed by atoms with van der Waals surface area (Å²) in [5.41, 5.74) is 12.6. The van der Waals surface area contributed by atoms with Crippen molar-refractivity contribution in [3.05, 3.63) is 54.7 Å². The van der Waals surface area contributed by atoms with E-state index in [2.05, 4.69) is 41.0 Å². The third-order valence-electron chi connectivity index (χ3n) is 9.18. The van der Waals surface area contributed by atoms with E-state index in [9.17, 15) is 48.6 Å². The molecule has 4 amide bonds. The van der Waals surface area contributed by atoms with Crippen molar-refractivity contribution in [3.63, 3.8) is 0 Å². The van der Waals surface area contributed by atoms with E-state index in [1.807, 2.05) is 0 Å². The van der Waals surface area contributed by atoms with Gasteiger partial charge in [0.15, 0.2) is 18.9 Å². The zero-order valence-corrected chi connectivity index (χ0v) is 45.6. The Morgan fingerprint density at radius 2 is 1.04 bits per heavy atom. The Balaban J connectivity index is 0.000000247. The molecule has 0 radical (unpaired) electrons. The van der Waals surface area contributed by atoms with Crippen molar-refractivity contribution in [2.45, 2.75) is 57.2 Å². The number of β-lactam (4-membered cyclic amide) rings is 2. The van der Waals surface area contributed by atoms with Gasteiger partial charge in [-0.05, 0) is 11.1 Å². The maximum atomic E-state index is 12.7. The van der Waals surface area contributed by atoms with Crippen LogP contribution >= 0.6 is 92.4 Å². The van der Waals surface area contributed by atoms with Gasteiger partial charge in [0.1, 0.15) is 32.8 Å². The zero-order valence-electron chi connectivity index (χ0n) is 35.1. The molecule has 8 heterocycles. The number of amides is 4. The average molecular weight is 1100 g/mol. The number of nitrogen functional groups attached to an aromatic ring is 2. The number of hydrogen-bond donors (Lipinski definition) is 6. The fourth-order valence-corrected chi connectivity index (χ4v) is 14.3. The van der Waals surface area contributed by atoms with Gasteiger partial charge in [-0.15, -0.1) is 66.6 Å². The van der Waals surface area contributed by atoms with E-state index in [4.69, 9.17) is 21.7 Å². The fraction of sp³-hybridized carbons (Fsp3) is 0.353. The summed E-state index contributed by atoms with van der Waals surface area (Å²) >= 11 is 9.73. The van der Waals surface area contributed by atoms with Crippen LogP contribution in [0.5, 0.6) is 0 Å². The molecule has 2 fully saturated rings. The zero-order chi connectivity index (χ0) is 47.4. The average Bonchev–Trinajstić information content (AvgIpc) is 4.09. The molecule has 0 saturated carbocycles. The van der Waals surface area contributed by atoms with Crippen molar-refractivity contribution in [1.82, 2.24) is 50.8 Å². The topological polar surface area (TPSA) is 383 Å². The summed E-state index contributed by atoms with van der Waals surface area (Å²) in [5.74, 6) is -5.79. The van der Waals surface area contributed by atoms with E-state index < -0.39 is 70.3 Å². The van der Waals surface area contributed by atoms with Crippen LogP contribution in [0.4, 0.5) is 10.3 Å². The Hall–Kier alpha value is -3.38. The first-order chi connectivity index (χ1) is 31.4. The van der Waals surface area contributed by atoms with Gasteiger partial charge in [-0.3, -0.25) is 38.6 Å². The Bertz CT molecular complexity index is 2520. The summed E-state index contributed by atoms with van der Waals surface area (Å²) in [4.78, 5) is 105. The van der Waals surface area contributed by atoms with Crippen molar-refractivity contribution in [2.24, 2.45) is 0 Å². The molecule has 2 saturated heterocycles. The summed E-state index contributed by atoms with van der Waals surface area (Å²) in [5, 5.41) is 65.6. The number of carbonyl (C=O) groups is 8. The molecule has 0 bridgehead atoms. The SMILES string of the molecule is Nc1nc(CC(=O)NC2C(=O)N3C(C(=O)[O-])=C(CSc4nnc(CC(=O)O)s4)CS[C@H]23)cs1.Nc1nc(CC(=O)NC2C(=O)N3C(C(=O)[O-])=C(CSc4nnc(CC(=O)O)s4)CS[C@H]23)cs1.[Na+].[Na+]. The molecular formula is C34H30N12Na2O12S8. The number of anilines is 2. The maximum absolute atomic E-state index is 12.7.